The van der Waals surface area contributed by atoms with Crippen molar-refractivity contribution in [1.82, 2.24) is 0 Å². The number of Topliss-reactive ketones (excluding diaryl/α,β-unsaturated/α-hetero) is 2. The van der Waals surface area contributed by atoms with Gasteiger partial charge in [0.25, 0.3) is 0 Å². The molecule has 19 heavy (non-hydrogen) atoms. The van der Waals surface area contributed by atoms with Crippen molar-refractivity contribution in [3.8, 4) is 0 Å². The molecule has 2 nitrogen and oxygen atoms in total. The van der Waals surface area contributed by atoms with E-state index >= 15 is 0 Å². The first-order valence-corrected chi connectivity index (χ1v) is 5.49. The van der Waals surface area contributed by atoms with Gasteiger partial charge in [0.15, 0.2) is 11.6 Å². The molecule has 6 heteroatoms. The van der Waals surface area contributed by atoms with E-state index in [0.29, 0.717) is 0 Å². The lowest BCUT2D eigenvalue weighted by Crippen LogP contribution is -2.39. The van der Waals surface area contributed by atoms with Crippen LogP contribution in [-0.4, -0.2) is 31.6 Å². The molecule has 0 fully saturated rings. The summed E-state index contributed by atoms with van der Waals surface area (Å²) in [6.45, 7) is -4.51. The van der Waals surface area contributed by atoms with Crippen LogP contribution in [0.5, 0.6) is 0 Å². The van der Waals surface area contributed by atoms with E-state index in [4.69, 9.17) is 0 Å². The first-order chi connectivity index (χ1) is 8.99. The fraction of sp³-hybridized carbons (Fsp3) is 0.385. The monoisotopic (exact) mass is 276 g/mol. The Balaban J connectivity index is 2.81. The lowest BCUT2D eigenvalue weighted by Gasteiger charge is -2.21. The van der Waals surface area contributed by atoms with Gasteiger partial charge in [0.1, 0.15) is 31.3 Å². The lowest BCUT2D eigenvalue weighted by atomic mass is 9.84. The Morgan fingerprint density at radius 3 is 1.84 bits per heavy atom. The second-order valence-electron chi connectivity index (χ2n) is 4.21. The molecule has 0 radical (unpaired) electrons. The van der Waals surface area contributed by atoms with Crippen molar-refractivity contribution >= 4 is 11.6 Å². The maximum Gasteiger partial charge on any atom is 0.170 e. The topological polar surface area (TPSA) is 34.1 Å². The van der Waals surface area contributed by atoms with Crippen LogP contribution >= 0.6 is 0 Å². The van der Waals surface area contributed by atoms with Gasteiger partial charge in [-0.05, 0) is 24.3 Å². The summed E-state index contributed by atoms with van der Waals surface area (Å²) >= 11 is 0. The minimum Gasteiger partial charge on any atom is -0.298 e. The van der Waals surface area contributed by atoms with Crippen molar-refractivity contribution in [2.75, 3.05) is 20.0 Å². The van der Waals surface area contributed by atoms with Crippen LogP contribution in [0.1, 0.15) is 16.8 Å². The average Bonchev–Trinajstić information content (AvgIpc) is 2.42. The molecule has 1 aromatic carbocycles. The SMILES string of the molecule is O=C(CC(=O)C(CF)(CF)CF)c1ccc(F)cc1. The third-order valence-corrected chi connectivity index (χ3v) is 2.85. The highest BCUT2D eigenvalue weighted by Gasteiger charge is 2.40. The summed E-state index contributed by atoms with van der Waals surface area (Å²) in [6, 6.07) is 4.33. The molecule has 0 atom stereocenters. The molecule has 0 saturated heterocycles. The number of carbonyl (C=O) groups is 2. The number of halogens is 4. The van der Waals surface area contributed by atoms with Gasteiger partial charge in [-0.25, -0.2) is 17.6 Å². The van der Waals surface area contributed by atoms with Crippen molar-refractivity contribution in [3.05, 3.63) is 35.6 Å². The highest BCUT2D eigenvalue weighted by atomic mass is 19.2. The summed E-state index contributed by atoms with van der Waals surface area (Å²) < 4.78 is 50.5. The molecule has 0 amide bonds. The van der Waals surface area contributed by atoms with Gasteiger partial charge in [-0.15, -0.1) is 0 Å². The zero-order valence-corrected chi connectivity index (χ0v) is 9.97. The second-order valence-corrected chi connectivity index (χ2v) is 4.21. The fourth-order valence-electron chi connectivity index (χ4n) is 1.40. The summed E-state index contributed by atoms with van der Waals surface area (Å²) in [7, 11) is 0. The van der Waals surface area contributed by atoms with Crippen LogP contribution in [0.15, 0.2) is 24.3 Å². The summed E-state index contributed by atoms with van der Waals surface area (Å²) in [5.74, 6) is -2.42. The third kappa shape index (κ3) is 3.39. The van der Waals surface area contributed by atoms with Gasteiger partial charge >= 0.3 is 0 Å². The van der Waals surface area contributed by atoms with Crippen molar-refractivity contribution < 1.29 is 27.2 Å². The largest absolute Gasteiger partial charge is 0.298 e. The average molecular weight is 276 g/mol. The first kappa shape index (κ1) is 15.3. The zero-order chi connectivity index (χ0) is 14.5. The Bertz CT molecular complexity index is 444. The highest BCUT2D eigenvalue weighted by molar-refractivity contribution is 6.09. The quantitative estimate of drug-likeness (QED) is 0.436. The molecule has 0 aliphatic carbocycles. The standard InChI is InChI=1S/C13H12F4O2/c14-6-13(7-15,8-16)12(19)5-11(18)9-1-3-10(17)4-2-9/h1-4H,5-8H2. The van der Waals surface area contributed by atoms with E-state index in [0.717, 1.165) is 24.3 Å². The summed E-state index contributed by atoms with van der Waals surface area (Å²) in [4.78, 5) is 23.2. The van der Waals surface area contributed by atoms with Gasteiger partial charge in [0.05, 0.1) is 6.42 Å². The normalized spacial score (nSPS) is 11.4. The van der Waals surface area contributed by atoms with Crippen LogP contribution < -0.4 is 0 Å². The van der Waals surface area contributed by atoms with E-state index < -0.39 is 49.2 Å². The minimum atomic E-state index is -2.39. The maximum absolute atomic E-state index is 12.6. The lowest BCUT2D eigenvalue weighted by molar-refractivity contribution is -0.130. The summed E-state index contributed by atoms with van der Waals surface area (Å²) in [5, 5.41) is 0. The van der Waals surface area contributed by atoms with Crippen LogP contribution in [0.3, 0.4) is 0 Å². The molecule has 0 aromatic heterocycles. The first-order valence-electron chi connectivity index (χ1n) is 5.49. The molecule has 104 valence electrons. The number of hydrogen-bond donors (Lipinski definition) is 0. The van der Waals surface area contributed by atoms with E-state index in [-0.39, 0.29) is 5.56 Å². The van der Waals surface area contributed by atoms with Crippen molar-refractivity contribution in [1.29, 1.82) is 0 Å². The number of carbonyl (C=O) groups excluding carboxylic acids is 2. The Morgan fingerprint density at radius 1 is 0.947 bits per heavy atom. The van der Waals surface area contributed by atoms with Crippen LogP contribution in [0.4, 0.5) is 17.6 Å². The van der Waals surface area contributed by atoms with Gasteiger partial charge < -0.3 is 0 Å². The van der Waals surface area contributed by atoms with Gasteiger partial charge in [-0.2, -0.15) is 0 Å². The molecule has 1 aromatic rings. The van der Waals surface area contributed by atoms with E-state index in [1.807, 2.05) is 0 Å². The van der Waals surface area contributed by atoms with Crippen molar-refractivity contribution in [2.24, 2.45) is 5.41 Å². The number of hydrogen-bond acceptors (Lipinski definition) is 2. The second kappa shape index (κ2) is 6.45. The maximum atomic E-state index is 12.6. The number of benzene rings is 1. The molecule has 0 aliphatic rings. The number of ketones is 2. The Morgan fingerprint density at radius 2 is 1.42 bits per heavy atom. The fourth-order valence-corrected chi connectivity index (χ4v) is 1.40. The Labute approximate surface area is 107 Å². The molecule has 0 spiro atoms. The Hall–Kier alpha value is -1.72. The summed E-state index contributed by atoms with van der Waals surface area (Å²) in [6.07, 6.45) is -0.816. The van der Waals surface area contributed by atoms with E-state index in [1.165, 1.54) is 0 Å². The van der Waals surface area contributed by atoms with Crippen LogP contribution in [-0.2, 0) is 4.79 Å². The van der Waals surface area contributed by atoms with Gasteiger partial charge in [0, 0.05) is 5.56 Å². The number of alkyl halides is 3. The van der Waals surface area contributed by atoms with E-state index in [2.05, 4.69) is 0 Å². The predicted molar refractivity (Wildman–Crippen MR) is 60.7 cm³/mol. The third-order valence-electron chi connectivity index (χ3n) is 2.85. The van der Waals surface area contributed by atoms with Crippen LogP contribution in [0.2, 0.25) is 0 Å². The molecule has 0 saturated carbocycles. The minimum absolute atomic E-state index is 0.0280. The van der Waals surface area contributed by atoms with E-state index in [9.17, 15) is 27.2 Å². The van der Waals surface area contributed by atoms with E-state index in [1.54, 1.807) is 0 Å². The molecule has 1 rings (SSSR count). The molecule has 0 heterocycles. The van der Waals surface area contributed by atoms with Gasteiger partial charge in [-0.1, -0.05) is 0 Å². The zero-order valence-electron chi connectivity index (χ0n) is 9.97. The molecule has 0 aliphatic heterocycles. The predicted octanol–water partition coefficient (Wildman–Crippen LogP) is 2.86. The highest BCUT2D eigenvalue weighted by Crippen LogP contribution is 2.24. The summed E-state index contributed by atoms with van der Waals surface area (Å²) in [5.41, 5.74) is -2.37. The van der Waals surface area contributed by atoms with Crippen molar-refractivity contribution in [3.63, 3.8) is 0 Å². The number of rotatable bonds is 7. The van der Waals surface area contributed by atoms with Crippen molar-refractivity contribution in [2.45, 2.75) is 6.42 Å². The smallest absolute Gasteiger partial charge is 0.170 e. The molecular weight excluding hydrogens is 264 g/mol. The molecule has 0 N–H and O–H groups in total. The van der Waals surface area contributed by atoms with Crippen LogP contribution in [0.25, 0.3) is 0 Å². The molecular formula is C13H12F4O2. The molecule has 0 bridgehead atoms. The van der Waals surface area contributed by atoms with Gasteiger partial charge in [-0.3, -0.25) is 9.59 Å². The Kier molecular flexibility index (Phi) is 5.20. The molecule has 0 unspecified atom stereocenters. The van der Waals surface area contributed by atoms with Gasteiger partial charge in [0.2, 0.25) is 0 Å². The van der Waals surface area contributed by atoms with Crippen LogP contribution in [0, 0.1) is 11.2 Å².